The molecule has 0 aliphatic rings. The van der Waals surface area contributed by atoms with E-state index in [9.17, 15) is 9.59 Å². The molecule has 1 amide bonds. The standard InChI is InChI=1S/C20H14Cl2N2O4S/c21-14-5-8-17(16(22)10-14)27-12-19(25)24-23-11-13-3-6-15(7-4-13)28-20(26)18-2-1-9-29-18/h1-11H,12H2,(H,24,25)/b23-11+. The number of nitrogens with zero attached hydrogens (tertiary/aromatic N) is 1. The molecular weight excluding hydrogens is 435 g/mol. The molecule has 0 bridgehead atoms. The Kier molecular flexibility index (Phi) is 7.24. The van der Waals surface area contributed by atoms with E-state index in [-0.39, 0.29) is 6.61 Å². The van der Waals surface area contributed by atoms with Crippen LogP contribution < -0.4 is 14.9 Å². The van der Waals surface area contributed by atoms with Gasteiger partial charge < -0.3 is 9.47 Å². The Balaban J connectivity index is 1.46. The lowest BCUT2D eigenvalue weighted by Crippen LogP contribution is -2.24. The molecule has 0 aliphatic heterocycles. The second-order valence-electron chi connectivity index (χ2n) is 5.59. The molecule has 0 atom stereocenters. The number of halogens is 2. The summed E-state index contributed by atoms with van der Waals surface area (Å²) in [5.74, 6) is -0.0936. The van der Waals surface area contributed by atoms with Crippen LogP contribution in [-0.4, -0.2) is 24.7 Å². The molecule has 3 aromatic rings. The summed E-state index contributed by atoms with van der Waals surface area (Å²) in [4.78, 5) is 24.2. The van der Waals surface area contributed by atoms with Gasteiger partial charge in [0.05, 0.1) is 11.2 Å². The largest absolute Gasteiger partial charge is 0.482 e. The van der Waals surface area contributed by atoms with Crippen molar-refractivity contribution in [3.8, 4) is 11.5 Å². The van der Waals surface area contributed by atoms with Gasteiger partial charge in [-0.25, -0.2) is 10.2 Å². The topological polar surface area (TPSA) is 77.0 Å². The number of carbonyl (C=O) groups is 2. The van der Waals surface area contributed by atoms with Gasteiger partial charge in [0.25, 0.3) is 5.91 Å². The summed E-state index contributed by atoms with van der Waals surface area (Å²) in [6.07, 6.45) is 1.46. The van der Waals surface area contributed by atoms with Crippen LogP contribution in [0.15, 0.2) is 65.1 Å². The van der Waals surface area contributed by atoms with Crippen LogP contribution >= 0.6 is 34.5 Å². The van der Waals surface area contributed by atoms with E-state index in [4.69, 9.17) is 32.7 Å². The van der Waals surface area contributed by atoms with Crippen LogP contribution in [0.5, 0.6) is 11.5 Å². The molecule has 0 radical (unpaired) electrons. The van der Waals surface area contributed by atoms with E-state index in [0.717, 1.165) is 0 Å². The maximum atomic E-state index is 11.9. The van der Waals surface area contributed by atoms with Gasteiger partial charge in [0, 0.05) is 5.02 Å². The van der Waals surface area contributed by atoms with E-state index in [0.29, 0.717) is 32.0 Å². The van der Waals surface area contributed by atoms with Crippen molar-refractivity contribution in [1.29, 1.82) is 0 Å². The number of thiophene rings is 1. The van der Waals surface area contributed by atoms with E-state index < -0.39 is 11.9 Å². The normalized spacial score (nSPS) is 10.7. The summed E-state index contributed by atoms with van der Waals surface area (Å²) in [5, 5.41) is 6.45. The van der Waals surface area contributed by atoms with Gasteiger partial charge in [-0.2, -0.15) is 5.10 Å². The lowest BCUT2D eigenvalue weighted by Gasteiger charge is -2.07. The third kappa shape index (κ3) is 6.32. The number of hydrazone groups is 1. The molecular formula is C20H14Cl2N2O4S. The van der Waals surface area contributed by atoms with Crippen LogP contribution in [0.3, 0.4) is 0 Å². The number of carbonyl (C=O) groups excluding carboxylic acids is 2. The van der Waals surface area contributed by atoms with Crippen molar-refractivity contribution in [2.24, 2.45) is 5.10 Å². The van der Waals surface area contributed by atoms with Crippen LogP contribution in [0.1, 0.15) is 15.2 Å². The average molecular weight is 449 g/mol. The minimum absolute atomic E-state index is 0.254. The third-order valence-corrected chi connectivity index (χ3v) is 4.85. The molecule has 3 rings (SSSR count). The molecule has 0 aliphatic carbocycles. The van der Waals surface area contributed by atoms with Crippen molar-refractivity contribution < 1.29 is 19.1 Å². The molecule has 1 N–H and O–H groups in total. The molecule has 9 heteroatoms. The summed E-state index contributed by atoms with van der Waals surface area (Å²) in [5.41, 5.74) is 3.06. The third-order valence-electron chi connectivity index (χ3n) is 3.47. The predicted molar refractivity (Wildman–Crippen MR) is 113 cm³/mol. The molecule has 148 valence electrons. The van der Waals surface area contributed by atoms with Crippen molar-refractivity contribution in [3.05, 3.63) is 80.5 Å². The minimum atomic E-state index is -0.450. The molecule has 1 heterocycles. The van der Waals surface area contributed by atoms with E-state index in [1.54, 1.807) is 53.9 Å². The van der Waals surface area contributed by atoms with Gasteiger partial charge in [-0.1, -0.05) is 29.3 Å². The Morgan fingerprint density at radius 3 is 2.59 bits per heavy atom. The van der Waals surface area contributed by atoms with Gasteiger partial charge in [0.15, 0.2) is 6.61 Å². The SMILES string of the molecule is O=C(COc1ccc(Cl)cc1Cl)N/N=C/c1ccc(OC(=O)c2cccs2)cc1. The van der Waals surface area contributed by atoms with Gasteiger partial charge in [-0.3, -0.25) is 4.79 Å². The highest BCUT2D eigenvalue weighted by Gasteiger charge is 2.09. The first kappa shape index (κ1) is 20.9. The van der Waals surface area contributed by atoms with Crippen molar-refractivity contribution in [3.63, 3.8) is 0 Å². The second kappa shape index (κ2) is 10.1. The number of rotatable bonds is 7. The summed E-state index contributed by atoms with van der Waals surface area (Å²) >= 11 is 13.1. The maximum Gasteiger partial charge on any atom is 0.353 e. The molecule has 2 aromatic carbocycles. The van der Waals surface area contributed by atoms with Gasteiger partial charge in [-0.15, -0.1) is 11.3 Å². The number of ether oxygens (including phenoxy) is 2. The zero-order valence-electron chi connectivity index (χ0n) is 14.8. The van der Waals surface area contributed by atoms with E-state index in [1.807, 2.05) is 0 Å². The van der Waals surface area contributed by atoms with Crippen LogP contribution in [-0.2, 0) is 4.79 Å². The second-order valence-corrected chi connectivity index (χ2v) is 7.38. The van der Waals surface area contributed by atoms with Gasteiger partial charge in [-0.05, 0) is 59.5 Å². The lowest BCUT2D eigenvalue weighted by atomic mass is 10.2. The molecule has 6 nitrogen and oxygen atoms in total. The minimum Gasteiger partial charge on any atom is -0.482 e. The number of nitrogens with one attached hydrogen (secondary N) is 1. The zero-order chi connectivity index (χ0) is 20.6. The van der Waals surface area contributed by atoms with Gasteiger partial charge in [0.1, 0.15) is 16.4 Å². The quantitative estimate of drug-likeness (QED) is 0.243. The Morgan fingerprint density at radius 2 is 1.90 bits per heavy atom. The molecule has 29 heavy (non-hydrogen) atoms. The number of hydrogen-bond acceptors (Lipinski definition) is 6. The number of benzene rings is 2. The summed E-state index contributed by atoms with van der Waals surface area (Å²) < 4.78 is 10.6. The first-order valence-corrected chi connectivity index (χ1v) is 9.90. The summed E-state index contributed by atoms with van der Waals surface area (Å²) in [6, 6.07) is 14.9. The van der Waals surface area contributed by atoms with E-state index >= 15 is 0 Å². The number of esters is 1. The summed E-state index contributed by atoms with van der Waals surface area (Å²) in [6.45, 7) is -0.254. The Bertz CT molecular complexity index is 1020. The highest BCUT2D eigenvalue weighted by Crippen LogP contribution is 2.27. The average Bonchev–Trinajstić information content (AvgIpc) is 3.24. The van der Waals surface area contributed by atoms with Crippen molar-refractivity contribution >= 4 is 52.6 Å². The fraction of sp³-hybridized carbons (Fsp3) is 0.0500. The monoisotopic (exact) mass is 448 g/mol. The van der Waals surface area contributed by atoms with Crippen LogP contribution in [0.4, 0.5) is 0 Å². The molecule has 0 spiro atoms. The van der Waals surface area contributed by atoms with Crippen LogP contribution in [0.2, 0.25) is 10.0 Å². The van der Waals surface area contributed by atoms with Crippen molar-refractivity contribution in [2.45, 2.75) is 0 Å². The highest BCUT2D eigenvalue weighted by atomic mass is 35.5. The van der Waals surface area contributed by atoms with Crippen molar-refractivity contribution in [1.82, 2.24) is 5.43 Å². The number of hydrogen-bond donors (Lipinski definition) is 1. The van der Waals surface area contributed by atoms with Crippen LogP contribution in [0, 0.1) is 0 Å². The van der Waals surface area contributed by atoms with E-state index in [1.165, 1.54) is 23.6 Å². The number of amides is 1. The lowest BCUT2D eigenvalue weighted by molar-refractivity contribution is -0.123. The fourth-order valence-electron chi connectivity index (χ4n) is 2.12. The highest BCUT2D eigenvalue weighted by molar-refractivity contribution is 7.12. The molecule has 0 saturated carbocycles. The molecule has 1 aromatic heterocycles. The summed E-state index contributed by atoms with van der Waals surface area (Å²) in [7, 11) is 0. The van der Waals surface area contributed by atoms with Crippen molar-refractivity contribution in [2.75, 3.05) is 6.61 Å². The predicted octanol–water partition coefficient (Wildman–Crippen LogP) is 4.80. The molecule has 0 fully saturated rings. The first-order chi connectivity index (χ1) is 14.0. The zero-order valence-corrected chi connectivity index (χ0v) is 17.1. The van der Waals surface area contributed by atoms with Gasteiger partial charge in [0.2, 0.25) is 0 Å². The van der Waals surface area contributed by atoms with Gasteiger partial charge >= 0.3 is 5.97 Å². The molecule has 0 unspecified atom stereocenters. The Labute approximate surface area is 180 Å². The van der Waals surface area contributed by atoms with E-state index in [2.05, 4.69) is 10.5 Å². The molecule has 0 saturated heterocycles. The van der Waals surface area contributed by atoms with Crippen LogP contribution in [0.25, 0.3) is 0 Å². The Morgan fingerprint density at radius 1 is 1.10 bits per heavy atom. The first-order valence-electron chi connectivity index (χ1n) is 8.27. The Hall–Kier alpha value is -2.87. The maximum absolute atomic E-state index is 11.9. The smallest absolute Gasteiger partial charge is 0.353 e. The fourth-order valence-corrected chi connectivity index (χ4v) is 3.18.